The summed E-state index contributed by atoms with van der Waals surface area (Å²) in [6, 6.07) is 8.55. The van der Waals surface area contributed by atoms with E-state index in [0.29, 0.717) is 12.5 Å². The van der Waals surface area contributed by atoms with Crippen molar-refractivity contribution in [1.82, 2.24) is 14.8 Å². The third-order valence-electron chi connectivity index (χ3n) is 4.96. The minimum atomic E-state index is 0.222. The maximum atomic E-state index is 12.6. The Morgan fingerprint density at radius 2 is 2.05 bits per heavy atom. The van der Waals surface area contributed by atoms with Gasteiger partial charge in [0.15, 0.2) is 0 Å². The molecular weight excluding hydrogens is 274 g/mol. The van der Waals surface area contributed by atoms with Gasteiger partial charge in [-0.05, 0) is 31.0 Å². The van der Waals surface area contributed by atoms with E-state index in [-0.39, 0.29) is 5.91 Å². The van der Waals surface area contributed by atoms with Crippen molar-refractivity contribution in [3.8, 4) is 0 Å². The normalized spacial score (nSPS) is 17.0. The van der Waals surface area contributed by atoms with E-state index in [0.717, 1.165) is 48.9 Å². The van der Waals surface area contributed by atoms with Crippen molar-refractivity contribution in [2.45, 2.75) is 32.2 Å². The number of fused-ring (bicyclic) bond motifs is 1. The first-order valence-electron chi connectivity index (χ1n) is 8.22. The van der Waals surface area contributed by atoms with Gasteiger partial charge in [-0.2, -0.15) is 0 Å². The lowest BCUT2D eigenvalue weighted by molar-refractivity contribution is -0.132. The van der Waals surface area contributed by atoms with Gasteiger partial charge in [-0.15, -0.1) is 0 Å². The molecule has 1 aliphatic rings. The Labute approximate surface area is 132 Å². The van der Waals surface area contributed by atoms with Crippen molar-refractivity contribution in [3.63, 3.8) is 0 Å². The number of rotatable bonds is 4. The van der Waals surface area contributed by atoms with Crippen molar-refractivity contribution in [3.05, 3.63) is 36.0 Å². The van der Waals surface area contributed by atoms with Crippen molar-refractivity contribution in [2.24, 2.45) is 0 Å². The maximum Gasteiger partial charge on any atom is 0.227 e. The van der Waals surface area contributed by atoms with Crippen LogP contribution < -0.4 is 0 Å². The van der Waals surface area contributed by atoms with E-state index in [1.165, 1.54) is 0 Å². The van der Waals surface area contributed by atoms with Gasteiger partial charge < -0.3 is 14.8 Å². The summed E-state index contributed by atoms with van der Waals surface area (Å²) < 4.78 is 0. The van der Waals surface area contributed by atoms with Crippen molar-refractivity contribution >= 4 is 16.8 Å². The van der Waals surface area contributed by atoms with Gasteiger partial charge in [0.2, 0.25) is 5.91 Å². The molecule has 4 heteroatoms. The second kappa shape index (κ2) is 6.53. The standard InChI is InChI=1S/C18H25N3O/c1-3-21-10-8-15(9-11-21)20(2)18(22)12-14-13-19-17-7-5-4-6-16(14)17/h4-7,13,15,19H,3,8-12H2,1-2H3. The van der Waals surface area contributed by atoms with E-state index in [2.05, 4.69) is 22.9 Å². The monoisotopic (exact) mass is 299 g/mol. The fraction of sp³-hybridized carbons (Fsp3) is 0.500. The van der Waals surface area contributed by atoms with Gasteiger partial charge >= 0.3 is 0 Å². The summed E-state index contributed by atoms with van der Waals surface area (Å²) >= 11 is 0. The SMILES string of the molecule is CCN1CCC(N(C)C(=O)Cc2c[nH]c3ccccc23)CC1. The summed E-state index contributed by atoms with van der Waals surface area (Å²) in [5.41, 5.74) is 2.20. The Bertz CT molecular complexity index is 641. The van der Waals surface area contributed by atoms with Crippen LogP contribution in [0.3, 0.4) is 0 Å². The first-order chi connectivity index (χ1) is 10.7. The molecule has 1 aromatic heterocycles. The molecule has 0 saturated carbocycles. The number of H-pyrrole nitrogens is 1. The number of nitrogens with zero attached hydrogens (tertiary/aromatic N) is 2. The number of piperidine rings is 1. The highest BCUT2D eigenvalue weighted by molar-refractivity contribution is 5.88. The van der Waals surface area contributed by atoms with Crippen molar-refractivity contribution in [1.29, 1.82) is 0 Å². The molecule has 1 aromatic carbocycles. The largest absolute Gasteiger partial charge is 0.361 e. The van der Waals surface area contributed by atoms with Crippen LogP contribution in [-0.2, 0) is 11.2 Å². The quantitative estimate of drug-likeness (QED) is 0.942. The first kappa shape index (κ1) is 15.1. The predicted octanol–water partition coefficient (Wildman–Crippen LogP) is 2.65. The Morgan fingerprint density at radius 1 is 1.32 bits per heavy atom. The van der Waals surface area contributed by atoms with Crippen molar-refractivity contribution in [2.75, 3.05) is 26.7 Å². The summed E-state index contributed by atoms with van der Waals surface area (Å²) in [4.78, 5) is 20.3. The van der Waals surface area contributed by atoms with Crippen molar-refractivity contribution < 1.29 is 4.79 Å². The molecule has 0 bridgehead atoms. The average molecular weight is 299 g/mol. The lowest BCUT2D eigenvalue weighted by Gasteiger charge is -2.36. The van der Waals surface area contributed by atoms with Crippen LogP contribution in [0.1, 0.15) is 25.3 Å². The van der Waals surface area contributed by atoms with Gasteiger partial charge in [-0.25, -0.2) is 0 Å². The fourth-order valence-electron chi connectivity index (χ4n) is 3.39. The van der Waals surface area contributed by atoms with E-state index >= 15 is 0 Å². The van der Waals surface area contributed by atoms with Crippen LogP contribution >= 0.6 is 0 Å². The number of hydrogen-bond donors (Lipinski definition) is 1. The number of aromatic nitrogens is 1. The second-order valence-corrected chi connectivity index (χ2v) is 6.21. The predicted molar refractivity (Wildman–Crippen MR) is 89.9 cm³/mol. The molecule has 0 unspecified atom stereocenters. The molecule has 1 fully saturated rings. The molecule has 118 valence electrons. The number of likely N-dealkylation sites (tertiary alicyclic amines) is 1. The Morgan fingerprint density at radius 3 is 2.77 bits per heavy atom. The molecule has 0 atom stereocenters. The van der Waals surface area contributed by atoms with Gasteiger partial charge in [0.1, 0.15) is 0 Å². The van der Waals surface area contributed by atoms with Crippen LogP contribution in [0.25, 0.3) is 10.9 Å². The number of nitrogens with one attached hydrogen (secondary N) is 1. The number of carbonyl (C=O) groups is 1. The molecule has 2 heterocycles. The molecule has 0 radical (unpaired) electrons. The van der Waals surface area contributed by atoms with Gasteiger partial charge in [0.25, 0.3) is 0 Å². The van der Waals surface area contributed by atoms with E-state index in [9.17, 15) is 4.79 Å². The fourth-order valence-corrected chi connectivity index (χ4v) is 3.39. The van der Waals surface area contributed by atoms with Gasteiger partial charge in [-0.1, -0.05) is 25.1 Å². The number of aromatic amines is 1. The van der Waals surface area contributed by atoms with Gasteiger partial charge in [0.05, 0.1) is 6.42 Å². The van der Waals surface area contributed by atoms with Crippen LogP contribution in [0.5, 0.6) is 0 Å². The van der Waals surface area contributed by atoms with Gasteiger partial charge in [0, 0.05) is 43.3 Å². The van der Waals surface area contributed by atoms with E-state index in [4.69, 9.17) is 0 Å². The summed E-state index contributed by atoms with van der Waals surface area (Å²) in [7, 11) is 1.96. The molecule has 3 rings (SSSR count). The number of hydrogen-bond acceptors (Lipinski definition) is 2. The zero-order chi connectivity index (χ0) is 15.5. The Hall–Kier alpha value is -1.81. The smallest absolute Gasteiger partial charge is 0.227 e. The molecule has 0 aliphatic carbocycles. The zero-order valence-corrected chi connectivity index (χ0v) is 13.5. The maximum absolute atomic E-state index is 12.6. The van der Waals surface area contributed by atoms with E-state index in [1.807, 2.05) is 36.3 Å². The highest BCUT2D eigenvalue weighted by atomic mass is 16.2. The summed E-state index contributed by atoms with van der Waals surface area (Å²) in [5.74, 6) is 0.222. The van der Waals surface area contributed by atoms with Crippen LogP contribution in [0.4, 0.5) is 0 Å². The third-order valence-corrected chi connectivity index (χ3v) is 4.96. The summed E-state index contributed by atoms with van der Waals surface area (Å²) in [5, 5.41) is 1.16. The number of benzene rings is 1. The Kier molecular flexibility index (Phi) is 4.48. The number of para-hydroxylation sites is 1. The topological polar surface area (TPSA) is 39.3 Å². The number of amides is 1. The average Bonchev–Trinajstić information content (AvgIpc) is 2.97. The second-order valence-electron chi connectivity index (χ2n) is 6.21. The molecule has 4 nitrogen and oxygen atoms in total. The third kappa shape index (κ3) is 3.02. The lowest BCUT2D eigenvalue weighted by atomic mass is 10.0. The number of likely N-dealkylation sites (N-methyl/N-ethyl adjacent to an activating group) is 1. The first-order valence-corrected chi connectivity index (χ1v) is 8.22. The molecule has 0 spiro atoms. The molecule has 1 amide bonds. The minimum Gasteiger partial charge on any atom is -0.361 e. The van der Waals surface area contributed by atoms with Crippen LogP contribution in [0, 0.1) is 0 Å². The highest BCUT2D eigenvalue weighted by Gasteiger charge is 2.25. The zero-order valence-electron chi connectivity index (χ0n) is 13.5. The molecule has 22 heavy (non-hydrogen) atoms. The number of carbonyl (C=O) groups excluding carboxylic acids is 1. The molecule has 2 aromatic rings. The molecule has 1 aliphatic heterocycles. The molecule has 1 N–H and O–H groups in total. The summed E-state index contributed by atoms with van der Waals surface area (Å²) in [6.07, 6.45) is 4.62. The molecular formula is C18H25N3O. The van der Waals surface area contributed by atoms with Gasteiger partial charge in [-0.3, -0.25) is 4.79 Å². The molecule has 1 saturated heterocycles. The van der Waals surface area contributed by atoms with Crippen LogP contribution in [-0.4, -0.2) is 53.4 Å². The van der Waals surface area contributed by atoms with Crippen LogP contribution in [0.2, 0.25) is 0 Å². The van der Waals surface area contributed by atoms with E-state index < -0.39 is 0 Å². The lowest BCUT2D eigenvalue weighted by Crippen LogP contribution is -2.45. The highest BCUT2D eigenvalue weighted by Crippen LogP contribution is 2.20. The minimum absolute atomic E-state index is 0.222. The van der Waals surface area contributed by atoms with Crippen LogP contribution in [0.15, 0.2) is 30.5 Å². The Balaban J connectivity index is 1.64. The van der Waals surface area contributed by atoms with E-state index in [1.54, 1.807) is 0 Å². The summed E-state index contributed by atoms with van der Waals surface area (Å²) in [6.45, 7) is 5.52.